The number of carboxylic acids is 1. The van der Waals surface area contributed by atoms with Gasteiger partial charge in [-0.15, -0.1) is 0 Å². The molecular formula is C18H20FNO6S. The molecule has 1 N–H and O–H groups in total. The van der Waals surface area contributed by atoms with Gasteiger partial charge in [-0.25, -0.2) is 17.6 Å². The smallest absolute Gasteiger partial charge is 0.327 e. The summed E-state index contributed by atoms with van der Waals surface area (Å²) in [7, 11) is -1.09. The van der Waals surface area contributed by atoms with Gasteiger partial charge in [-0.1, -0.05) is 0 Å². The van der Waals surface area contributed by atoms with Crippen molar-refractivity contribution in [3.8, 4) is 11.5 Å². The average molecular weight is 397 g/mol. The van der Waals surface area contributed by atoms with Gasteiger partial charge < -0.3 is 14.6 Å². The largest absolute Gasteiger partial charge is 0.497 e. The number of benzene rings is 2. The summed E-state index contributed by atoms with van der Waals surface area (Å²) in [6, 6.07) is 7.94. The summed E-state index contributed by atoms with van der Waals surface area (Å²) in [5, 5.41) is 9.72. The SMILES string of the molecule is COc1ccc(OC)c(C[C@H](C(=O)O)N(c2ccc(F)cc2)S(C)(=O)=O)c1. The molecule has 0 unspecified atom stereocenters. The minimum atomic E-state index is -3.97. The second-order valence-electron chi connectivity index (χ2n) is 5.77. The lowest BCUT2D eigenvalue weighted by atomic mass is 10.0. The van der Waals surface area contributed by atoms with Crippen LogP contribution in [0.1, 0.15) is 5.56 Å². The Hall–Kier alpha value is -2.81. The monoisotopic (exact) mass is 397 g/mol. The average Bonchev–Trinajstić information content (AvgIpc) is 2.61. The molecule has 7 nitrogen and oxygen atoms in total. The molecule has 0 aromatic heterocycles. The molecule has 0 heterocycles. The zero-order valence-electron chi connectivity index (χ0n) is 15.0. The molecule has 1 atom stereocenters. The summed E-state index contributed by atoms with van der Waals surface area (Å²) in [6.07, 6.45) is 0.718. The van der Waals surface area contributed by atoms with Crippen molar-refractivity contribution in [1.29, 1.82) is 0 Å². The van der Waals surface area contributed by atoms with Gasteiger partial charge >= 0.3 is 5.97 Å². The topological polar surface area (TPSA) is 93.1 Å². The number of rotatable bonds is 8. The van der Waals surface area contributed by atoms with E-state index in [1.165, 1.54) is 26.4 Å². The molecule has 146 valence electrons. The van der Waals surface area contributed by atoms with E-state index in [4.69, 9.17) is 9.47 Å². The first-order chi connectivity index (χ1) is 12.7. The minimum absolute atomic E-state index is 0.0492. The van der Waals surface area contributed by atoms with Gasteiger partial charge in [0.15, 0.2) is 0 Å². The molecule has 0 saturated heterocycles. The summed E-state index contributed by atoms with van der Waals surface area (Å²) < 4.78 is 49.1. The molecule has 0 aliphatic rings. The third-order valence-corrected chi connectivity index (χ3v) is 5.09. The van der Waals surface area contributed by atoms with Crippen molar-refractivity contribution in [3.05, 3.63) is 53.8 Å². The van der Waals surface area contributed by atoms with Gasteiger partial charge in [0.05, 0.1) is 26.2 Å². The molecule has 0 amide bonds. The quantitative estimate of drug-likeness (QED) is 0.735. The number of carboxylic acid groups (broad SMARTS) is 1. The first-order valence-electron chi connectivity index (χ1n) is 7.86. The Bertz CT molecular complexity index is 914. The first kappa shape index (κ1) is 20.5. The summed E-state index contributed by atoms with van der Waals surface area (Å²) in [4.78, 5) is 11.9. The Balaban J connectivity index is 2.54. The van der Waals surface area contributed by atoms with E-state index in [0.29, 0.717) is 17.1 Å². The zero-order chi connectivity index (χ0) is 20.2. The van der Waals surface area contributed by atoms with Gasteiger partial charge in [-0.05, 0) is 42.5 Å². The molecule has 0 bridgehead atoms. The van der Waals surface area contributed by atoms with Crippen LogP contribution in [0.15, 0.2) is 42.5 Å². The maximum atomic E-state index is 13.2. The number of carbonyl (C=O) groups is 1. The summed E-state index contributed by atoms with van der Waals surface area (Å²) in [6.45, 7) is 0. The number of ether oxygens (including phenoxy) is 2. The molecule has 27 heavy (non-hydrogen) atoms. The zero-order valence-corrected chi connectivity index (χ0v) is 15.9. The molecule has 2 aromatic carbocycles. The van der Waals surface area contributed by atoms with E-state index in [2.05, 4.69) is 0 Å². The number of nitrogens with zero attached hydrogens (tertiary/aromatic N) is 1. The number of anilines is 1. The van der Waals surface area contributed by atoms with Crippen LogP contribution in [0.3, 0.4) is 0 Å². The standard InChI is InChI=1S/C18H20FNO6S/c1-25-15-8-9-17(26-2)12(10-15)11-16(18(21)22)20(27(3,23)24)14-6-4-13(19)5-7-14/h4-10,16H,11H2,1-3H3,(H,21,22)/t16-/m1/s1. The number of hydrogen-bond donors (Lipinski definition) is 1. The number of aliphatic carboxylic acids is 1. The molecule has 0 spiro atoms. The number of halogens is 1. The lowest BCUT2D eigenvalue weighted by molar-refractivity contribution is -0.138. The van der Waals surface area contributed by atoms with E-state index in [1.807, 2.05) is 0 Å². The minimum Gasteiger partial charge on any atom is -0.497 e. The highest BCUT2D eigenvalue weighted by Gasteiger charge is 2.33. The Morgan fingerprint density at radius 3 is 2.26 bits per heavy atom. The van der Waals surface area contributed by atoms with Gasteiger partial charge in [-0.3, -0.25) is 4.31 Å². The molecule has 2 aromatic rings. The van der Waals surface area contributed by atoms with Crippen LogP contribution in [-0.2, 0) is 21.2 Å². The fourth-order valence-corrected chi connectivity index (χ4v) is 3.84. The second-order valence-corrected chi connectivity index (χ2v) is 7.63. The molecule has 0 aliphatic carbocycles. The van der Waals surface area contributed by atoms with Gasteiger partial charge in [0, 0.05) is 12.0 Å². The second kappa shape index (κ2) is 8.26. The van der Waals surface area contributed by atoms with Crippen LogP contribution < -0.4 is 13.8 Å². The fourth-order valence-electron chi connectivity index (χ4n) is 2.71. The molecule has 0 saturated carbocycles. The van der Waals surface area contributed by atoms with E-state index in [9.17, 15) is 22.7 Å². The van der Waals surface area contributed by atoms with E-state index in [0.717, 1.165) is 22.7 Å². The number of hydrogen-bond acceptors (Lipinski definition) is 5. The van der Waals surface area contributed by atoms with Crippen molar-refractivity contribution in [2.75, 3.05) is 24.8 Å². The van der Waals surface area contributed by atoms with Crippen LogP contribution in [0.5, 0.6) is 11.5 Å². The Kier molecular flexibility index (Phi) is 6.27. The molecule has 2 rings (SSSR count). The van der Waals surface area contributed by atoms with Crippen LogP contribution in [0, 0.1) is 5.82 Å². The van der Waals surface area contributed by atoms with Gasteiger partial charge in [0.25, 0.3) is 0 Å². The third kappa shape index (κ3) is 4.88. The summed E-state index contributed by atoms with van der Waals surface area (Å²) in [5.74, 6) is -1.04. The fraction of sp³-hybridized carbons (Fsp3) is 0.278. The van der Waals surface area contributed by atoms with Gasteiger partial charge in [0.1, 0.15) is 23.4 Å². The Morgan fingerprint density at radius 1 is 1.15 bits per heavy atom. The predicted octanol–water partition coefficient (Wildman–Crippen LogP) is 2.30. The van der Waals surface area contributed by atoms with Crippen LogP contribution in [0.25, 0.3) is 0 Å². The maximum absolute atomic E-state index is 13.2. The van der Waals surface area contributed by atoms with Crippen molar-refractivity contribution < 1.29 is 32.2 Å². The Labute approximate surface area is 157 Å². The van der Waals surface area contributed by atoms with Crippen molar-refractivity contribution in [2.24, 2.45) is 0 Å². The van der Waals surface area contributed by atoms with E-state index in [1.54, 1.807) is 18.2 Å². The van der Waals surface area contributed by atoms with Crippen LogP contribution in [0.4, 0.5) is 10.1 Å². The van der Waals surface area contributed by atoms with Crippen LogP contribution >= 0.6 is 0 Å². The molecule has 0 fully saturated rings. The summed E-state index contributed by atoms with van der Waals surface area (Å²) in [5.41, 5.74) is 0.508. The number of sulfonamides is 1. The normalized spacial score (nSPS) is 12.3. The third-order valence-electron chi connectivity index (χ3n) is 3.91. The van der Waals surface area contributed by atoms with Crippen molar-refractivity contribution in [1.82, 2.24) is 0 Å². The van der Waals surface area contributed by atoms with Crippen molar-refractivity contribution >= 4 is 21.7 Å². The lowest BCUT2D eigenvalue weighted by Gasteiger charge is -2.29. The lowest BCUT2D eigenvalue weighted by Crippen LogP contribution is -2.46. The highest BCUT2D eigenvalue weighted by Crippen LogP contribution is 2.29. The van der Waals surface area contributed by atoms with Crippen LogP contribution in [0.2, 0.25) is 0 Å². The Morgan fingerprint density at radius 2 is 1.78 bits per heavy atom. The van der Waals surface area contributed by atoms with E-state index < -0.39 is 27.9 Å². The highest BCUT2D eigenvalue weighted by atomic mass is 32.2. The molecule has 0 radical (unpaired) electrons. The predicted molar refractivity (Wildman–Crippen MR) is 98.4 cm³/mol. The van der Waals surface area contributed by atoms with Crippen molar-refractivity contribution in [2.45, 2.75) is 12.5 Å². The van der Waals surface area contributed by atoms with E-state index in [-0.39, 0.29) is 12.1 Å². The molecular weight excluding hydrogens is 377 g/mol. The molecule has 0 aliphatic heterocycles. The van der Waals surface area contributed by atoms with E-state index >= 15 is 0 Å². The van der Waals surface area contributed by atoms with Crippen molar-refractivity contribution in [3.63, 3.8) is 0 Å². The van der Waals surface area contributed by atoms with Crippen LogP contribution in [-0.4, -0.2) is 46.0 Å². The first-order valence-corrected chi connectivity index (χ1v) is 9.71. The van der Waals surface area contributed by atoms with Gasteiger partial charge in [0.2, 0.25) is 10.0 Å². The molecule has 9 heteroatoms. The highest BCUT2D eigenvalue weighted by molar-refractivity contribution is 7.92. The number of methoxy groups -OCH3 is 2. The summed E-state index contributed by atoms with van der Waals surface area (Å²) >= 11 is 0. The maximum Gasteiger partial charge on any atom is 0.327 e. The van der Waals surface area contributed by atoms with Gasteiger partial charge in [-0.2, -0.15) is 0 Å².